The zero-order valence-corrected chi connectivity index (χ0v) is 13.3. The second-order valence-corrected chi connectivity index (χ2v) is 6.58. The van der Waals surface area contributed by atoms with Crippen LogP contribution in [0.5, 0.6) is 0 Å². The van der Waals surface area contributed by atoms with Crippen LogP contribution in [0.15, 0.2) is 18.2 Å². The summed E-state index contributed by atoms with van der Waals surface area (Å²) in [7, 11) is 0. The van der Waals surface area contributed by atoms with Gasteiger partial charge in [-0.25, -0.2) is 0 Å². The lowest BCUT2D eigenvalue weighted by Gasteiger charge is -2.31. The van der Waals surface area contributed by atoms with Crippen molar-refractivity contribution >= 4 is 23.2 Å². The van der Waals surface area contributed by atoms with Crippen molar-refractivity contribution in [2.75, 3.05) is 0 Å². The predicted octanol–water partition coefficient (Wildman–Crippen LogP) is 5.61. The topological polar surface area (TPSA) is 12.0 Å². The first-order chi connectivity index (χ1) is 9.08. The number of hydrogen-bond donors (Lipinski definition) is 1. The van der Waals surface area contributed by atoms with E-state index >= 15 is 0 Å². The first-order valence-electron chi connectivity index (χ1n) is 7.29. The molecular formula is C16H23Cl2N. The van der Waals surface area contributed by atoms with E-state index in [1.54, 1.807) is 0 Å². The Hall–Kier alpha value is -0.240. The van der Waals surface area contributed by atoms with Gasteiger partial charge >= 0.3 is 0 Å². The van der Waals surface area contributed by atoms with Gasteiger partial charge in [0.05, 0.1) is 0 Å². The molecule has 2 atom stereocenters. The fourth-order valence-electron chi connectivity index (χ4n) is 3.10. The molecule has 2 rings (SSSR count). The van der Waals surface area contributed by atoms with Crippen molar-refractivity contribution < 1.29 is 0 Å². The van der Waals surface area contributed by atoms with E-state index in [1.165, 1.54) is 32.1 Å². The zero-order chi connectivity index (χ0) is 13.8. The van der Waals surface area contributed by atoms with Gasteiger partial charge in [-0.2, -0.15) is 0 Å². The minimum Gasteiger partial charge on any atom is -0.307 e. The Morgan fingerprint density at radius 2 is 1.79 bits per heavy atom. The number of rotatable bonds is 4. The highest BCUT2D eigenvalue weighted by Gasteiger charge is 2.22. The van der Waals surface area contributed by atoms with Gasteiger partial charge in [-0.3, -0.25) is 0 Å². The van der Waals surface area contributed by atoms with E-state index < -0.39 is 0 Å². The molecule has 0 saturated heterocycles. The summed E-state index contributed by atoms with van der Waals surface area (Å²) in [6.07, 6.45) is 6.86. The fraction of sp³-hybridized carbons (Fsp3) is 0.625. The molecule has 0 amide bonds. The molecule has 1 unspecified atom stereocenters. The number of hydrogen-bond acceptors (Lipinski definition) is 1. The predicted molar refractivity (Wildman–Crippen MR) is 84.0 cm³/mol. The average molecular weight is 300 g/mol. The van der Waals surface area contributed by atoms with Crippen LogP contribution < -0.4 is 5.32 Å². The first-order valence-corrected chi connectivity index (χ1v) is 8.04. The summed E-state index contributed by atoms with van der Waals surface area (Å²) in [5.74, 6) is 0.800. The Kier molecular flexibility index (Phi) is 5.56. The van der Waals surface area contributed by atoms with Gasteiger partial charge in [0.1, 0.15) is 0 Å². The Bertz CT molecular complexity index is 413. The molecule has 1 saturated carbocycles. The molecule has 1 fully saturated rings. The van der Waals surface area contributed by atoms with Gasteiger partial charge in [0.25, 0.3) is 0 Å². The lowest BCUT2D eigenvalue weighted by Crippen LogP contribution is -2.36. The standard InChI is InChI=1S/C16H23Cl2N/c1-11(13-6-4-3-5-7-13)19-12(2)15-10-14(17)8-9-16(15)18/h8-13,19H,3-7H2,1-2H3/t11-,12?/m0/s1. The third kappa shape index (κ3) is 4.11. The van der Waals surface area contributed by atoms with Crippen molar-refractivity contribution in [1.82, 2.24) is 5.32 Å². The molecule has 0 bridgehead atoms. The van der Waals surface area contributed by atoms with Crippen LogP contribution in [0.1, 0.15) is 57.6 Å². The number of halogens is 2. The lowest BCUT2D eigenvalue weighted by atomic mass is 9.84. The van der Waals surface area contributed by atoms with Crippen LogP contribution in [0.3, 0.4) is 0 Å². The maximum absolute atomic E-state index is 6.26. The molecule has 1 aliphatic rings. The largest absolute Gasteiger partial charge is 0.307 e. The van der Waals surface area contributed by atoms with Gasteiger partial charge in [-0.15, -0.1) is 0 Å². The van der Waals surface area contributed by atoms with Crippen molar-refractivity contribution in [2.24, 2.45) is 5.92 Å². The van der Waals surface area contributed by atoms with Crippen LogP contribution in [-0.2, 0) is 0 Å². The lowest BCUT2D eigenvalue weighted by molar-refractivity contribution is 0.268. The molecule has 3 heteroatoms. The van der Waals surface area contributed by atoms with Crippen molar-refractivity contribution in [3.8, 4) is 0 Å². The summed E-state index contributed by atoms with van der Waals surface area (Å²) in [6, 6.07) is 6.45. The molecule has 0 heterocycles. The van der Waals surface area contributed by atoms with Crippen LogP contribution in [0.2, 0.25) is 10.0 Å². The summed E-state index contributed by atoms with van der Waals surface area (Å²) in [5, 5.41) is 5.23. The molecule has 0 spiro atoms. The van der Waals surface area contributed by atoms with E-state index in [0.717, 1.165) is 21.5 Å². The highest BCUT2D eigenvalue weighted by atomic mass is 35.5. The fourth-order valence-corrected chi connectivity index (χ4v) is 3.56. The monoisotopic (exact) mass is 299 g/mol. The molecule has 106 valence electrons. The van der Waals surface area contributed by atoms with Gasteiger partial charge in [-0.1, -0.05) is 42.5 Å². The van der Waals surface area contributed by atoms with Crippen molar-refractivity contribution in [3.63, 3.8) is 0 Å². The van der Waals surface area contributed by atoms with E-state index in [1.807, 2.05) is 18.2 Å². The Balaban J connectivity index is 1.99. The molecule has 0 aromatic heterocycles. The molecule has 0 radical (unpaired) electrons. The Labute approximate surface area is 126 Å². The maximum Gasteiger partial charge on any atom is 0.0454 e. The summed E-state index contributed by atoms with van der Waals surface area (Å²) < 4.78 is 0. The molecule has 1 N–H and O–H groups in total. The van der Waals surface area contributed by atoms with Gasteiger partial charge in [0.15, 0.2) is 0 Å². The van der Waals surface area contributed by atoms with Crippen LogP contribution >= 0.6 is 23.2 Å². The molecule has 0 aliphatic heterocycles. The molecule has 1 aliphatic carbocycles. The van der Waals surface area contributed by atoms with Crippen LogP contribution in [-0.4, -0.2) is 6.04 Å². The summed E-state index contributed by atoms with van der Waals surface area (Å²) in [6.45, 7) is 4.46. The second kappa shape index (κ2) is 6.97. The van der Waals surface area contributed by atoms with E-state index in [9.17, 15) is 0 Å². The van der Waals surface area contributed by atoms with Gasteiger partial charge in [0.2, 0.25) is 0 Å². The van der Waals surface area contributed by atoms with E-state index in [-0.39, 0.29) is 6.04 Å². The quantitative estimate of drug-likeness (QED) is 0.761. The maximum atomic E-state index is 6.26. The van der Waals surface area contributed by atoms with E-state index in [2.05, 4.69) is 19.2 Å². The minimum absolute atomic E-state index is 0.239. The highest BCUT2D eigenvalue weighted by Crippen LogP contribution is 2.30. The van der Waals surface area contributed by atoms with Crippen molar-refractivity contribution in [2.45, 2.75) is 58.0 Å². The van der Waals surface area contributed by atoms with Gasteiger partial charge in [0, 0.05) is 22.1 Å². The first kappa shape index (κ1) is 15.2. The normalized spacial score (nSPS) is 20.2. The van der Waals surface area contributed by atoms with Crippen LogP contribution in [0.4, 0.5) is 0 Å². The number of benzene rings is 1. The SMILES string of the molecule is CC(N[C@@H](C)C1CCCCC1)c1cc(Cl)ccc1Cl. The van der Waals surface area contributed by atoms with Crippen molar-refractivity contribution in [1.29, 1.82) is 0 Å². The summed E-state index contributed by atoms with van der Waals surface area (Å²) >= 11 is 12.3. The van der Waals surface area contributed by atoms with Crippen molar-refractivity contribution in [3.05, 3.63) is 33.8 Å². The zero-order valence-electron chi connectivity index (χ0n) is 11.8. The minimum atomic E-state index is 0.239. The molecular weight excluding hydrogens is 277 g/mol. The summed E-state index contributed by atoms with van der Waals surface area (Å²) in [5.41, 5.74) is 1.09. The average Bonchev–Trinajstić information content (AvgIpc) is 2.42. The highest BCUT2D eigenvalue weighted by molar-refractivity contribution is 6.33. The molecule has 1 nitrogen and oxygen atoms in total. The van der Waals surface area contributed by atoms with E-state index in [0.29, 0.717) is 6.04 Å². The molecule has 1 aromatic rings. The smallest absolute Gasteiger partial charge is 0.0454 e. The Morgan fingerprint density at radius 3 is 2.47 bits per heavy atom. The van der Waals surface area contributed by atoms with Gasteiger partial charge in [-0.05, 0) is 56.4 Å². The third-order valence-corrected chi connectivity index (χ3v) is 4.87. The van der Waals surface area contributed by atoms with Crippen LogP contribution in [0, 0.1) is 5.92 Å². The molecule has 19 heavy (non-hydrogen) atoms. The second-order valence-electron chi connectivity index (χ2n) is 5.74. The Morgan fingerprint density at radius 1 is 1.11 bits per heavy atom. The molecule has 1 aromatic carbocycles. The van der Waals surface area contributed by atoms with Crippen LogP contribution in [0.25, 0.3) is 0 Å². The van der Waals surface area contributed by atoms with Gasteiger partial charge < -0.3 is 5.32 Å². The summed E-state index contributed by atoms with van der Waals surface area (Å²) in [4.78, 5) is 0. The van der Waals surface area contributed by atoms with E-state index in [4.69, 9.17) is 23.2 Å². The number of nitrogens with one attached hydrogen (secondary N) is 1. The third-order valence-electron chi connectivity index (χ3n) is 4.29.